The van der Waals surface area contributed by atoms with E-state index in [1.54, 1.807) is 12.1 Å². The number of carboxylic acid groups (broad SMARTS) is 1. The zero-order valence-electron chi connectivity index (χ0n) is 28.3. The third kappa shape index (κ3) is 7.90. The molecule has 6 aromatic carbocycles. The molecule has 0 amide bonds. The number of nitrogens with zero attached hydrogens (tertiary/aromatic N) is 1. The molecule has 0 fully saturated rings. The molecule has 0 atom stereocenters. The summed E-state index contributed by atoms with van der Waals surface area (Å²) in [6.07, 6.45) is 0.905. The molecule has 2 N–H and O–H groups in total. The lowest BCUT2D eigenvalue weighted by Gasteiger charge is -2.25. The van der Waals surface area contributed by atoms with Crippen LogP contribution in [0.4, 0.5) is 0 Å². The molecule has 262 valence electrons. The van der Waals surface area contributed by atoms with Crippen LogP contribution in [0, 0.1) is 0 Å². The Morgan fingerprint density at radius 2 is 1.40 bits per heavy atom. The van der Waals surface area contributed by atoms with Crippen molar-refractivity contribution in [3.05, 3.63) is 184 Å². The largest absolute Gasteiger partial charge is 0.493 e. The first-order valence-electron chi connectivity index (χ1n) is 17.1. The summed E-state index contributed by atoms with van der Waals surface area (Å²) in [5.74, 6) is -0.574. The molecule has 7 aromatic rings. The molecule has 0 bridgehead atoms. The van der Waals surface area contributed by atoms with E-state index in [0.29, 0.717) is 30.2 Å². The van der Waals surface area contributed by atoms with Crippen molar-refractivity contribution in [3.63, 3.8) is 0 Å². The number of rotatable bonds is 14. The predicted octanol–water partition coefficient (Wildman–Crippen LogP) is 9.07. The lowest BCUT2D eigenvalue weighted by Crippen LogP contribution is -2.28. The van der Waals surface area contributed by atoms with Gasteiger partial charge in [0.25, 0.3) is 0 Å². The Morgan fingerprint density at radius 1 is 0.750 bits per heavy atom. The van der Waals surface area contributed by atoms with Crippen molar-refractivity contribution in [3.8, 4) is 5.75 Å². The molecule has 9 heteroatoms. The number of hydrogen-bond donors (Lipinski definition) is 2. The summed E-state index contributed by atoms with van der Waals surface area (Å²) in [5, 5.41) is 12.9. The van der Waals surface area contributed by atoms with E-state index in [0.717, 1.165) is 49.6 Å². The van der Waals surface area contributed by atoms with Crippen molar-refractivity contribution < 1.29 is 23.1 Å². The molecular weight excluding hydrogens is 692 g/mol. The molecule has 0 spiro atoms. The zero-order valence-corrected chi connectivity index (χ0v) is 29.9. The summed E-state index contributed by atoms with van der Waals surface area (Å²) < 4.78 is 38.3. The lowest BCUT2D eigenvalue weighted by atomic mass is 9.97. The summed E-state index contributed by atoms with van der Waals surface area (Å²) in [5.41, 5.74) is 6.01. The quantitative estimate of drug-likeness (QED) is 0.117. The molecule has 0 aliphatic heterocycles. The van der Waals surface area contributed by atoms with Crippen molar-refractivity contribution in [1.29, 1.82) is 0 Å². The summed E-state index contributed by atoms with van der Waals surface area (Å²) >= 11 is 6.63. The highest BCUT2D eigenvalue weighted by Gasteiger charge is 2.26. The number of aromatic carboxylic acids is 1. The van der Waals surface area contributed by atoms with Gasteiger partial charge in [0.2, 0.25) is 10.0 Å². The van der Waals surface area contributed by atoms with Crippen LogP contribution in [-0.4, -0.2) is 37.2 Å². The fraction of sp³-hybridized carbons (Fsp3) is 0.140. The van der Waals surface area contributed by atoms with Gasteiger partial charge in [0, 0.05) is 41.0 Å². The lowest BCUT2D eigenvalue weighted by molar-refractivity contribution is 0.0697. The van der Waals surface area contributed by atoms with Gasteiger partial charge >= 0.3 is 5.97 Å². The first-order chi connectivity index (χ1) is 25.3. The normalized spacial score (nSPS) is 11.7. The van der Waals surface area contributed by atoms with Crippen LogP contribution in [0.5, 0.6) is 5.75 Å². The van der Waals surface area contributed by atoms with Crippen LogP contribution >= 0.6 is 11.6 Å². The third-order valence-electron chi connectivity index (χ3n) is 9.25. The van der Waals surface area contributed by atoms with E-state index in [1.165, 1.54) is 12.1 Å². The first-order valence-corrected chi connectivity index (χ1v) is 19.1. The highest BCUT2D eigenvalue weighted by Crippen LogP contribution is 2.38. The molecule has 7 rings (SSSR count). The number of fused-ring (bicyclic) bond motifs is 2. The van der Waals surface area contributed by atoms with Crippen LogP contribution in [0.25, 0.3) is 21.7 Å². The standard InChI is InChI=1S/C43H37ClN2O5S/c44-36-19-22-40-39(28-36)38(24-26-51-37-20-17-34(18-21-37)43(47)48)41(46(40)42(32-10-3-1-4-11-32)33-12-5-2-6-13-33)23-25-45-52(49,50)29-30-15-16-31-9-7-8-14-35(31)27-30/h1-22,27-28,42,45H,23-26,29H2,(H,47,48). The monoisotopic (exact) mass is 728 g/mol. The Bertz CT molecular complexity index is 2410. The molecule has 0 unspecified atom stereocenters. The molecule has 7 nitrogen and oxygen atoms in total. The van der Waals surface area contributed by atoms with Gasteiger partial charge in [0.05, 0.1) is 24.0 Å². The van der Waals surface area contributed by atoms with Crippen LogP contribution in [0.1, 0.15) is 44.3 Å². The average Bonchev–Trinajstić information content (AvgIpc) is 3.44. The van der Waals surface area contributed by atoms with Crippen LogP contribution in [0.15, 0.2) is 146 Å². The summed E-state index contributed by atoms with van der Waals surface area (Å²) in [6.45, 7) is 0.487. The van der Waals surface area contributed by atoms with E-state index in [2.05, 4.69) is 33.6 Å². The number of carbonyl (C=O) groups is 1. The average molecular weight is 729 g/mol. The van der Waals surface area contributed by atoms with Crippen LogP contribution < -0.4 is 9.46 Å². The number of halogens is 1. The Morgan fingerprint density at radius 3 is 2.08 bits per heavy atom. The molecule has 0 aliphatic rings. The molecule has 0 saturated heterocycles. The maximum atomic E-state index is 13.5. The van der Waals surface area contributed by atoms with Crippen molar-refractivity contribution in [2.45, 2.75) is 24.6 Å². The first kappa shape index (κ1) is 35.0. The van der Waals surface area contributed by atoms with E-state index in [-0.39, 0.29) is 23.9 Å². The second kappa shape index (κ2) is 15.5. The van der Waals surface area contributed by atoms with E-state index >= 15 is 0 Å². The summed E-state index contributed by atoms with van der Waals surface area (Å²) in [4.78, 5) is 11.4. The van der Waals surface area contributed by atoms with Gasteiger partial charge in [-0.05, 0) is 75.5 Å². The van der Waals surface area contributed by atoms with Gasteiger partial charge < -0.3 is 14.4 Å². The maximum Gasteiger partial charge on any atom is 0.335 e. The topological polar surface area (TPSA) is 97.6 Å². The van der Waals surface area contributed by atoms with Crippen LogP contribution in [0.3, 0.4) is 0 Å². The Kier molecular flexibility index (Phi) is 10.4. The van der Waals surface area contributed by atoms with E-state index in [1.807, 2.05) is 97.1 Å². The smallest absolute Gasteiger partial charge is 0.335 e. The van der Waals surface area contributed by atoms with E-state index in [4.69, 9.17) is 16.3 Å². The van der Waals surface area contributed by atoms with Crippen LogP contribution in [-0.2, 0) is 28.6 Å². The fourth-order valence-corrected chi connectivity index (χ4v) is 8.21. The SMILES string of the molecule is O=C(O)c1ccc(OCCc2c(CCNS(=O)(=O)Cc3ccc4ccccc4c3)n(C(c3ccccc3)c3ccccc3)c3ccc(Cl)cc23)cc1. The number of nitrogens with one attached hydrogen (secondary N) is 1. The molecule has 0 saturated carbocycles. The molecule has 1 heterocycles. The van der Waals surface area contributed by atoms with Crippen molar-refractivity contribution in [1.82, 2.24) is 9.29 Å². The minimum Gasteiger partial charge on any atom is -0.493 e. The third-order valence-corrected chi connectivity index (χ3v) is 10.8. The van der Waals surface area contributed by atoms with Gasteiger partial charge in [-0.1, -0.05) is 115 Å². The number of benzene rings is 6. The number of aromatic nitrogens is 1. The number of hydrogen-bond acceptors (Lipinski definition) is 4. The molecule has 1 aromatic heterocycles. The molecular formula is C43H37ClN2O5S. The maximum absolute atomic E-state index is 13.5. The summed E-state index contributed by atoms with van der Waals surface area (Å²) in [7, 11) is -3.67. The minimum atomic E-state index is -3.67. The van der Waals surface area contributed by atoms with Gasteiger partial charge in [0.15, 0.2) is 0 Å². The highest BCUT2D eigenvalue weighted by molar-refractivity contribution is 7.88. The molecule has 52 heavy (non-hydrogen) atoms. The van der Waals surface area contributed by atoms with Gasteiger partial charge in [0.1, 0.15) is 5.75 Å². The van der Waals surface area contributed by atoms with Crippen LogP contribution in [0.2, 0.25) is 5.02 Å². The molecule has 0 aliphatic carbocycles. The number of ether oxygens (including phenoxy) is 1. The fourth-order valence-electron chi connectivity index (χ4n) is 6.90. The Hall–Kier alpha value is -5.41. The van der Waals surface area contributed by atoms with Gasteiger partial charge in [-0.2, -0.15) is 0 Å². The molecule has 0 radical (unpaired) electrons. The second-order valence-corrected chi connectivity index (χ2v) is 14.9. The predicted molar refractivity (Wildman–Crippen MR) is 208 cm³/mol. The van der Waals surface area contributed by atoms with Crippen molar-refractivity contribution in [2.24, 2.45) is 0 Å². The van der Waals surface area contributed by atoms with Crippen molar-refractivity contribution >= 4 is 49.3 Å². The van der Waals surface area contributed by atoms with Gasteiger partial charge in [-0.25, -0.2) is 17.9 Å². The Balaban J connectivity index is 1.25. The van der Waals surface area contributed by atoms with Gasteiger partial charge in [-0.15, -0.1) is 0 Å². The van der Waals surface area contributed by atoms with E-state index in [9.17, 15) is 18.3 Å². The highest BCUT2D eigenvalue weighted by atomic mass is 35.5. The second-order valence-electron chi connectivity index (χ2n) is 12.7. The van der Waals surface area contributed by atoms with Gasteiger partial charge in [-0.3, -0.25) is 0 Å². The van der Waals surface area contributed by atoms with E-state index < -0.39 is 16.0 Å². The number of carboxylic acids is 1. The minimum absolute atomic E-state index is 0.131. The summed E-state index contributed by atoms with van der Waals surface area (Å²) in [6, 6.07) is 46.2. The Labute approximate surface area is 308 Å². The number of sulfonamides is 1. The zero-order chi connectivity index (χ0) is 36.1. The van der Waals surface area contributed by atoms with Crippen molar-refractivity contribution in [2.75, 3.05) is 13.2 Å².